The lowest BCUT2D eigenvalue weighted by Gasteiger charge is -2.37. The molecule has 0 saturated carbocycles. The molecule has 1 amide bonds. The minimum atomic E-state index is -0.668. The van der Waals surface area contributed by atoms with Gasteiger partial charge in [-0.3, -0.25) is 4.79 Å². The first-order valence-electron chi connectivity index (χ1n) is 7.54. The number of carbonyl (C=O) groups is 1. The largest absolute Gasteiger partial charge is 0.481 e. The van der Waals surface area contributed by atoms with E-state index in [1.54, 1.807) is 30.9 Å². The fourth-order valence-corrected chi connectivity index (χ4v) is 2.65. The zero-order valence-corrected chi connectivity index (χ0v) is 13.3. The number of fused-ring (bicyclic) bond motifs is 1. The highest BCUT2D eigenvalue weighted by Gasteiger charge is 2.32. The molecule has 0 radical (unpaired) electrons. The van der Waals surface area contributed by atoms with Gasteiger partial charge in [0, 0.05) is 30.1 Å². The topological polar surface area (TPSA) is 80.0 Å². The molecule has 2 aromatic rings. The molecule has 1 aliphatic rings. The molecule has 2 heterocycles. The van der Waals surface area contributed by atoms with Crippen molar-refractivity contribution in [3.8, 4) is 5.75 Å². The molecule has 1 aromatic heterocycles. The van der Waals surface area contributed by atoms with Gasteiger partial charge >= 0.3 is 5.63 Å². The molecule has 0 bridgehead atoms. The SMILES string of the molecule is Cc1c(C)c2ccc(OC(C)C(=O)N3CC(O)C3)cc2oc1=O. The normalized spacial score (nSPS) is 16.3. The average molecular weight is 317 g/mol. The number of aliphatic hydroxyl groups excluding tert-OH is 1. The number of likely N-dealkylation sites (tertiary alicyclic amines) is 1. The fraction of sp³-hybridized carbons (Fsp3) is 0.412. The van der Waals surface area contributed by atoms with E-state index in [-0.39, 0.29) is 11.5 Å². The van der Waals surface area contributed by atoms with Crippen LogP contribution in [0.5, 0.6) is 5.75 Å². The van der Waals surface area contributed by atoms with Gasteiger partial charge in [-0.15, -0.1) is 0 Å². The molecule has 6 nitrogen and oxygen atoms in total. The Bertz CT molecular complexity index is 820. The molecule has 0 spiro atoms. The molecule has 1 saturated heterocycles. The number of hydrogen-bond acceptors (Lipinski definition) is 5. The highest BCUT2D eigenvalue weighted by molar-refractivity contribution is 5.83. The molecule has 1 aliphatic heterocycles. The third kappa shape index (κ3) is 2.82. The van der Waals surface area contributed by atoms with Crippen molar-refractivity contribution in [2.24, 2.45) is 0 Å². The van der Waals surface area contributed by atoms with E-state index < -0.39 is 12.2 Å². The Morgan fingerprint density at radius 3 is 2.70 bits per heavy atom. The first-order chi connectivity index (χ1) is 10.9. The molecule has 3 rings (SSSR count). The standard InChI is InChI=1S/C17H19NO5/c1-9-10(2)17(21)23-15-6-13(4-5-14(9)15)22-11(3)16(20)18-7-12(19)8-18/h4-6,11-12,19H,7-8H2,1-3H3. The van der Waals surface area contributed by atoms with E-state index >= 15 is 0 Å². The van der Waals surface area contributed by atoms with Crippen molar-refractivity contribution < 1.29 is 19.1 Å². The van der Waals surface area contributed by atoms with E-state index in [0.29, 0.717) is 30.0 Å². The minimum Gasteiger partial charge on any atom is -0.481 e. The van der Waals surface area contributed by atoms with Gasteiger partial charge in [0.2, 0.25) is 0 Å². The Hall–Kier alpha value is -2.34. The summed E-state index contributed by atoms with van der Waals surface area (Å²) in [6.07, 6.45) is -1.11. The number of β-amino-alcohol motifs (C(OH)–C–C–N with tert-alkyl or cyclic N) is 1. The second-order valence-electron chi connectivity index (χ2n) is 5.95. The van der Waals surface area contributed by atoms with Gasteiger partial charge in [-0.05, 0) is 38.5 Å². The summed E-state index contributed by atoms with van der Waals surface area (Å²) in [6.45, 7) is 5.95. The smallest absolute Gasteiger partial charge is 0.339 e. The highest BCUT2D eigenvalue weighted by Crippen LogP contribution is 2.25. The van der Waals surface area contributed by atoms with Crippen molar-refractivity contribution >= 4 is 16.9 Å². The van der Waals surface area contributed by atoms with Crippen LogP contribution in [0.1, 0.15) is 18.1 Å². The molecular weight excluding hydrogens is 298 g/mol. The molecule has 1 aromatic carbocycles. The highest BCUT2D eigenvalue weighted by atomic mass is 16.5. The number of rotatable bonds is 3. The molecule has 6 heteroatoms. The van der Waals surface area contributed by atoms with Crippen LogP contribution in [0.25, 0.3) is 11.0 Å². The Morgan fingerprint density at radius 2 is 2.04 bits per heavy atom. The van der Waals surface area contributed by atoms with E-state index in [0.717, 1.165) is 10.9 Å². The second-order valence-corrected chi connectivity index (χ2v) is 5.95. The van der Waals surface area contributed by atoms with E-state index in [1.165, 1.54) is 0 Å². The quantitative estimate of drug-likeness (QED) is 0.865. The van der Waals surface area contributed by atoms with Gasteiger partial charge < -0.3 is 19.2 Å². The van der Waals surface area contributed by atoms with Gasteiger partial charge in [-0.1, -0.05) is 0 Å². The van der Waals surface area contributed by atoms with Crippen LogP contribution in [-0.4, -0.2) is 41.2 Å². The van der Waals surface area contributed by atoms with Crippen molar-refractivity contribution in [2.75, 3.05) is 13.1 Å². The van der Waals surface area contributed by atoms with Crippen molar-refractivity contribution in [2.45, 2.75) is 33.0 Å². The average Bonchev–Trinajstić information content (AvgIpc) is 2.48. The molecule has 1 unspecified atom stereocenters. The molecule has 1 fully saturated rings. The number of hydrogen-bond donors (Lipinski definition) is 1. The number of amides is 1. The Balaban J connectivity index is 1.82. The van der Waals surface area contributed by atoms with E-state index in [9.17, 15) is 14.7 Å². The number of carbonyl (C=O) groups excluding carboxylic acids is 1. The minimum absolute atomic E-state index is 0.170. The van der Waals surface area contributed by atoms with E-state index in [1.807, 2.05) is 13.0 Å². The molecule has 23 heavy (non-hydrogen) atoms. The Kier molecular flexibility index (Phi) is 3.85. The van der Waals surface area contributed by atoms with Crippen LogP contribution in [0.15, 0.2) is 27.4 Å². The first kappa shape index (κ1) is 15.6. The second kappa shape index (κ2) is 5.70. The summed E-state index contributed by atoms with van der Waals surface area (Å²) in [6, 6.07) is 5.20. The summed E-state index contributed by atoms with van der Waals surface area (Å²) in [4.78, 5) is 25.4. The van der Waals surface area contributed by atoms with Gasteiger partial charge in [0.1, 0.15) is 11.3 Å². The van der Waals surface area contributed by atoms with Crippen molar-refractivity contribution in [1.82, 2.24) is 4.90 Å². The van der Waals surface area contributed by atoms with E-state index in [4.69, 9.17) is 9.15 Å². The van der Waals surface area contributed by atoms with Crippen molar-refractivity contribution in [3.63, 3.8) is 0 Å². The zero-order chi connectivity index (χ0) is 16.7. The molecular formula is C17H19NO5. The summed E-state index contributed by atoms with van der Waals surface area (Å²) in [5, 5.41) is 10.1. The summed E-state index contributed by atoms with van der Waals surface area (Å²) in [5.74, 6) is 0.294. The Morgan fingerprint density at radius 1 is 1.35 bits per heavy atom. The number of aryl methyl sites for hydroxylation is 1. The van der Waals surface area contributed by atoms with Gasteiger partial charge in [0.25, 0.3) is 5.91 Å². The fourth-order valence-electron chi connectivity index (χ4n) is 2.65. The van der Waals surface area contributed by atoms with Gasteiger partial charge in [-0.25, -0.2) is 4.79 Å². The summed E-state index contributed by atoms with van der Waals surface area (Å²) in [5.41, 5.74) is 1.54. The maximum absolute atomic E-state index is 12.1. The van der Waals surface area contributed by atoms with Crippen LogP contribution in [0, 0.1) is 13.8 Å². The lowest BCUT2D eigenvalue weighted by Crippen LogP contribution is -2.56. The maximum Gasteiger partial charge on any atom is 0.339 e. The number of nitrogens with zero attached hydrogens (tertiary/aromatic N) is 1. The molecule has 0 aliphatic carbocycles. The van der Waals surface area contributed by atoms with Crippen molar-refractivity contribution in [1.29, 1.82) is 0 Å². The molecule has 1 atom stereocenters. The van der Waals surface area contributed by atoms with Gasteiger partial charge in [0.05, 0.1) is 6.10 Å². The van der Waals surface area contributed by atoms with Crippen molar-refractivity contribution in [3.05, 3.63) is 39.7 Å². The number of benzene rings is 1. The predicted molar refractivity (Wildman–Crippen MR) is 84.6 cm³/mol. The monoisotopic (exact) mass is 317 g/mol. The number of ether oxygens (including phenoxy) is 1. The van der Waals surface area contributed by atoms with Crippen LogP contribution < -0.4 is 10.4 Å². The van der Waals surface area contributed by atoms with Crippen LogP contribution in [0.3, 0.4) is 0 Å². The van der Waals surface area contributed by atoms with Gasteiger partial charge in [0.15, 0.2) is 6.10 Å². The molecule has 122 valence electrons. The first-order valence-corrected chi connectivity index (χ1v) is 7.54. The number of aliphatic hydroxyl groups is 1. The third-order valence-corrected chi connectivity index (χ3v) is 4.26. The third-order valence-electron chi connectivity index (χ3n) is 4.26. The van der Waals surface area contributed by atoms with Crippen LogP contribution in [0.4, 0.5) is 0 Å². The van der Waals surface area contributed by atoms with Gasteiger partial charge in [-0.2, -0.15) is 0 Å². The van der Waals surface area contributed by atoms with Crippen LogP contribution in [-0.2, 0) is 4.79 Å². The lowest BCUT2D eigenvalue weighted by atomic mass is 10.1. The predicted octanol–water partition coefficient (Wildman–Crippen LogP) is 1.38. The summed E-state index contributed by atoms with van der Waals surface area (Å²) >= 11 is 0. The zero-order valence-electron chi connectivity index (χ0n) is 13.3. The molecule has 1 N–H and O–H groups in total. The van der Waals surface area contributed by atoms with Crippen LogP contribution >= 0.6 is 0 Å². The summed E-state index contributed by atoms with van der Waals surface area (Å²) < 4.78 is 10.9. The lowest BCUT2D eigenvalue weighted by molar-refractivity contribution is -0.148. The Labute approximate surface area is 133 Å². The van der Waals surface area contributed by atoms with E-state index in [2.05, 4.69) is 0 Å². The van der Waals surface area contributed by atoms with Crippen LogP contribution in [0.2, 0.25) is 0 Å². The maximum atomic E-state index is 12.1. The summed E-state index contributed by atoms with van der Waals surface area (Å²) in [7, 11) is 0.